The summed E-state index contributed by atoms with van der Waals surface area (Å²) in [5.41, 5.74) is 1.65. The van der Waals surface area contributed by atoms with Gasteiger partial charge in [-0.1, -0.05) is 5.57 Å². The Balaban J connectivity index is 2.71. The summed E-state index contributed by atoms with van der Waals surface area (Å²) in [5.74, 6) is 1.22. The minimum Gasteiger partial charge on any atom is -0.493 e. The summed E-state index contributed by atoms with van der Waals surface area (Å²) < 4.78 is 10.7. The average molecular weight is 220 g/mol. The minimum absolute atomic E-state index is 0.562. The maximum absolute atomic E-state index is 10.6. The van der Waals surface area contributed by atoms with Gasteiger partial charge in [-0.2, -0.15) is 0 Å². The van der Waals surface area contributed by atoms with E-state index in [1.807, 2.05) is 6.92 Å². The molecule has 1 aromatic rings. The van der Waals surface area contributed by atoms with Crippen LogP contribution in [0.2, 0.25) is 0 Å². The molecule has 16 heavy (non-hydrogen) atoms. The second-order valence-electron chi connectivity index (χ2n) is 3.58. The minimum atomic E-state index is 0.562. The first-order valence-corrected chi connectivity index (χ1v) is 5.07. The lowest BCUT2D eigenvalue weighted by Crippen LogP contribution is -2.00. The smallest absolute Gasteiger partial charge is 0.161 e. The topological polar surface area (TPSA) is 35.5 Å². The Morgan fingerprint density at radius 3 is 2.75 bits per heavy atom. The fourth-order valence-electron chi connectivity index (χ4n) is 1.21. The number of carbonyl (C=O) groups is 1. The highest BCUT2D eigenvalue weighted by atomic mass is 16.5. The molecule has 0 aliphatic heterocycles. The molecule has 0 saturated heterocycles. The molecule has 0 radical (unpaired) electrons. The summed E-state index contributed by atoms with van der Waals surface area (Å²) in [5, 5.41) is 0. The fourth-order valence-corrected chi connectivity index (χ4v) is 1.21. The van der Waals surface area contributed by atoms with Crippen molar-refractivity contribution in [3.8, 4) is 11.5 Å². The lowest BCUT2D eigenvalue weighted by Gasteiger charge is -2.10. The Bertz CT molecular complexity index is 383. The van der Waals surface area contributed by atoms with Gasteiger partial charge in [-0.15, -0.1) is 6.58 Å². The van der Waals surface area contributed by atoms with Crippen molar-refractivity contribution in [2.45, 2.75) is 13.3 Å². The average Bonchev–Trinajstić information content (AvgIpc) is 2.29. The van der Waals surface area contributed by atoms with Crippen LogP contribution in [-0.4, -0.2) is 20.0 Å². The summed E-state index contributed by atoms with van der Waals surface area (Å²) >= 11 is 0. The van der Waals surface area contributed by atoms with Crippen LogP contribution in [0.25, 0.3) is 0 Å². The van der Waals surface area contributed by atoms with Crippen molar-refractivity contribution in [2.24, 2.45) is 0 Å². The highest BCUT2D eigenvalue weighted by Crippen LogP contribution is 2.27. The van der Waals surface area contributed by atoms with Crippen LogP contribution in [0.15, 0.2) is 30.4 Å². The van der Waals surface area contributed by atoms with Crippen molar-refractivity contribution in [3.05, 3.63) is 35.9 Å². The van der Waals surface area contributed by atoms with Gasteiger partial charge in [0.05, 0.1) is 13.7 Å². The van der Waals surface area contributed by atoms with Crippen molar-refractivity contribution < 1.29 is 14.3 Å². The third kappa shape index (κ3) is 3.42. The SMILES string of the molecule is C=C(C)CCOc1ccc(C=O)cc1OC. The lowest BCUT2D eigenvalue weighted by molar-refractivity contribution is 0.112. The number of benzene rings is 1. The van der Waals surface area contributed by atoms with E-state index in [1.54, 1.807) is 25.3 Å². The Morgan fingerprint density at radius 2 is 2.19 bits per heavy atom. The molecule has 0 bridgehead atoms. The molecule has 0 saturated carbocycles. The Kier molecular flexibility index (Phi) is 4.58. The summed E-state index contributed by atoms with van der Waals surface area (Å²) in [6.07, 6.45) is 1.58. The first-order valence-electron chi connectivity index (χ1n) is 5.07. The normalized spacial score (nSPS) is 9.62. The predicted octanol–water partition coefficient (Wildman–Crippen LogP) is 2.85. The number of hydrogen-bond acceptors (Lipinski definition) is 3. The second kappa shape index (κ2) is 5.95. The maximum atomic E-state index is 10.6. The molecule has 0 aromatic heterocycles. The Morgan fingerprint density at radius 1 is 1.44 bits per heavy atom. The summed E-state index contributed by atoms with van der Waals surface area (Å²) in [4.78, 5) is 10.6. The van der Waals surface area contributed by atoms with Crippen molar-refractivity contribution >= 4 is 6.29 Å². The molecule has 3 heteroatoms. The zero-order valence-corrected chi connectivity index (χ0v) is 9.66. The van der Waals surface area contributed by atoms with E-state index in [-0.39, 0.29) is 0 Å². The number of carbonyl (C=O) groups excluding carboxylic acids is 1. The number of aldehydes is 1. The molecule has 0 atom stereocenters. The summed E-state index contributed by atoms with van der Waals surface area (Å²) in [6.45, 7) is 6.31. The predicted molar refractivity (Wildman–Crippen MR) is 63.3 cm³/mol. The molecule has 0 N–H and O–H groups in total. The molecule has 0 aliphatic rings. The molecule has 0 aliphatic carbocycles. The molecule has 1 rings (SSSR count). The van der Waals surface area contributed by atoms with Gasteiger partial charge < -0.3 is 9.47 Å². The summed E-state index contributed by atoms with van der Waals surface area (Å²) in [6, 6.07) is 5.09. The van der Waals surface area contributed by atoms with Crippen molar-refractivity contribution in [1.29, 1.82) is 0 Å². The van der Waals surface area contributed by atoms with Gasteiger partial charge in [0, 0.05) is 12.0 Å². The van der Waals surface area contributed by atoms with Crippen LogP contribution in [-0.2, 0) is 0 Å². The van der Waals surface area contributed by atoms with Gasteiger partial charge in [-0.25, -0.2) is 0 Å². The van der Waals surface area contributed by atoms with Crippen LogP contribution in [0.5, 0.6) is 11.5 Å². The zero-order valence-electron chi connectivity index (χ0n) is 9.66. The number of rotatable bonds is 6. The van der Waals surface area contributed by atoms with Crippen LogP contribution >= 0.6 is 0 Å². The van der Waals surface area contributed by atoms with Crippen molar-refractivity contribution in [2.75, 3.05) is 13.7 Å². The monoisotopic (exact) mass is 220 g/mol. The van der Waals surface area contributed by atoms with Gasteiger partial charge >= 0.3 is 0 Å². The molecule has 0 unspecified atom stereocenters. The summed E-state index contributed by atoms with van der Waals surface area (Å²) in [7, 11) is 1.55. The van der Waals surface area contributed by atoms with Crippen LogP contribution in [0.3, 0.4) is 0 Å². The van der Waals surface area contributed by atoms with E-state index >= 15 is 0 Å². The Labute approximate surface area is 95.7 Å². The highest BCUT2D eigenvalue weighted by Gasteiger charge is 2.05. The van der Waals surface area contributed by atoms with Crippen LogP contribution in [0, 0.1) is 0 Å². The molecule has 3 nitrogen and oxygen atoms in total. The standard InChI is InChI=1S/C13H16O3/c1-10(2)6-7-16-12-5-4-11(9-14)8-13(12)15-3/h4-5,8-9H,1,6-7H2,2-3H3. The van der Waals surface area contributed by atoms with E-state index in [0.717, 1.165) is 18.3 Å². The van der Waals surface area contributed by atoms with E-state index in [9.17, 15) is 4.79 Å². The van der Waals surface area contributed by atoms with Gasteiger partial charge in [0.25, 0.3) is 0 Å². The molecule has 0 amide bonds. The van der Waals surface area contributed by atoms with E-state index in [0.29, 0.717) is 23.7 Å². The van der Waals surface area contributed by atoms with Crippen molar-refractivity contribution in [3.63, 3.8) is 0 Å². The van der Waals surface area contributed by atoms with Gasteiger partial charge in [-0.05, 0) is 25.1 Å². The fraction of sp³-hybridized carbons (Fsp3) is 0.308. The van der Waals surface area contributed by atoms with Gasteiger partial charge in [0.1, 0.15) is 6.29 Å². The molecular weight excluding hydrogens is 204 g/mol. The van der Waals surface area contributed by atoms with Crippen LogP contribution in [0.1, 0.15) is 23.7 Å². The van der Waals surface area contributed by atoms with E-state index < -0.39 is 0 Å². The second-order valence-corrected chi connectivity index (χ2v) is 3.58. The zero-order chi connectivity index (χ0) is 12.0. The van der Waals surface area contributed by atoms with Crippen molar-refractivity contribution in [1.82, 2.24) is 0 Å². The molecule has 0 spiro atoms. The largest absolute Gasteiger partial charge is 0.493 e. The van der Waals surface area contributed by atoms with Gasteiger partial charge in [-0.3, -0.25) is 4.79 Å². The third-order valence-corrected chi connectivity index (χ3v) is 2.11. The first-order chi connectivity index (χ1) is 7.67. The van der Waals surface area contributed by atoms with E-state index in [4.69, 9.17) is 9.47 Å². The maximum Gasteiger partial charge on any atom is 0.161 e. The molecule has 0 fully saturated rings. The van der Waals surface area contributed by atoms with E-state index in [1.165, 1.54) is 0 Å². The number of ether oxygens (including phenoxy) is 2. The quantitative estimate of drug-likeness (QED) is 0.546. The molecular formula is C13H16O3. The number of hydrogen-bond donors (Lipinski definition) is 0. The third-order valence-electron chi connectivity index (χ3n) is 2.11. The van der Waals surface area contributed by atoms with Crippen LogP contribution < -0.4 is 9.47 Å². The van der Waals surface area contributed by atoms with E-state index in [2.05, 4.69) is 6.58 Å². The van der Waals surface area contributed by atoms with Gasteiger partial charge in [0.2, 0.25) is 0 Å². The molecule has 0 heterocycles. The molecule has 1 aromatic carbocycles. The lowest BCUT2D eigenvalue weighted by atomic mass is 10.2. The Hall–Kier alpha value is -1.77. The molecule has 86 valence electrons. The van der Waals surface area contributed by atoms with Gasteiger partial charge in [0.15, 0.2) is 11.5 Å². The number of methoxy groups -OCH3 is 1. The van der Waals surface area contributed by atoms with Crippen LogP contribution in [0.4, 0.5) is 0 Å². The first kappa shape index (κ1) is 12.3. The highest BCUT2D eigenvalue weighted by molar-refractivity contribution is 5.76.